The molecular weight excluding hydrogens is 609 g/mol. The van der Waals surface area contributed by atoms with E-state index in [4.69, 9.17) is 28.2 Å². The first-order valence-corrected chi connectivity index (χ1v) is 22.6. The first-order chi connectivity index (χ1) is 21.5. The predicted octanol–water partition coefficient (Wildman–Crippen LogP) is 8.01. The molecule has 2 heterocycles. The van der Waals surface area contributed by atoms with Crippen molar-refractivity contribution in [3.8, 4) is 17.2 Å². The Kier molecular flexibility index (Phi) is 9.78. The summed E-state index contributed by atoms with van der Waals surface area (Å²) in [4.78, 5) is 0. The smallest absolute Gasteiger partial charge is 0.250 e. The van der Waals surface area contributed by atoms with Crippen LogP contribution in [-0.2, 0) is 9.16 Å². The molecule has 0 unspecified atom stereocenters. The second kappa shape index (κ2) is 13.0. The van der Waals surface area contributed by atoms with Gasteiger partial charge in [0.15, 0.2) is 0 Å². The van der Waals surface area contributed by atoms with Crippen molar-refractivity contribution in [1.29, 1.82) is 0 Å². The van der Waals surface area contributed by atoms with Crippen LogP contribution in [0.5, 0.6) is 17.2 Å². The molecule has 8 heteroatoms. The van der Waals surface area contributed by atoms with E-state index >= 15 is 0 Å². The van der Waals surface area contributed by atoms with E-state index in [1.807, 2.05) is 12.1 Å². The Balaban J connectivity index is 1.66. The van der Waals surface area contributed by atoms with Gasteiger partial charge >= 0.3 is 0 Å². The van der Waals surface area contributed by atoms with Crippen LogP contribution in [0.4, 0.5) is 0 Å². The van der Waals surface area contributed by atoms with Crippen LogP contribution in [0, 0.1) is 0 Å². The molecule has 2 aromatic carbocycles. The summed E-state index contributed by atoms with van der Waals surface area (Å²) in [6.07, 6.45) is 8.82. The van der Waals surface area contributed by atoms with Gasteiger partial charge in [-0.25, -0.2) is 0 Å². The highest BCUT2D eigenvalue weighted by Crippen LogP contribution is 2.43. The maximum Gasteiger partial charge on any atom is 0.250 e. The zero-order valence-electron chi connectivity index (χ0n) is 29.6. The van der Waals surface area contributed by atoms with Gasteiger partial charge in [-0.3, -0.25) is 0 Å². The Morgan fingerprint density at radius 3 is 2.24 bits per heavy atom. The minimum absolute atomic E-state index is 0.0403. The number of hydrogen-bond donors (Lipinski definition) is 1. The third-order valence-corrected chi connectivity index (χ3v) is 19.0. The van der Waals surface area contributed by atoms with E-state index in [1.165, 1.54) is 5.57 Å². The third kappa shape index (κ3) is 7.20. The van der Waals surface area contributed by atoms with Crippen LogP contribution in [0.2, 0.25) is 36.3 Å². The highest BCUT2D eigenvalue weighted by atomic mass is 28.4. The average Bonchev–Trinajstić information content (AvgIpc) is 3.12. The number of ether oxygens (including phenoxy) is 3. The molecule has 0 saturated carbocycles. The highest BCUT2D eigenvalue weighted by Gasteiger charge is 2.41. The van der Waals surface area contributed by atoms with Gasteiger partial charge in [-0.15, -0.1) is 0 Å². The number of aliphatic hydroxyl groups excluding tert-OH is 1. The molecule has 250 valence electrons. The maximum absolute atomic E-state index is 9.09. The van der Waals surface area contributed by atoms with E-state index in [9.17, 15) is 0 Å². The Labute approximate surface area is 278 Å². The molecule has 2 aliphatic heterocycles. The summed E-state index contributed by atoms with van der Waals surface area (Å²) in [5.41, 5.74) is 4.49. The summed E-state index contributed by atoms with van der Waals surface area (Å²) in [6, 6.07) is 10.4. The summed E-state index contributed by atoms with van der Waals surface area (Å²) in [5.74, 6) is 3.50. The number of fused-ring (bicyclic) bond motifs is 4. The largest absolute Gasteiger partial charge is 0.543 e. The lowest BCUT2D eigenvalue weighted by atomic mass is 9.91. The van der Waals surface area contributed by atoms with E-state index in [2.05, 4.69) is 104 Å². The minimum atomic E-state index is -2.19. The van der Waals surface area contributed by atoms with Crippen LogP contribution in [0.1, 0.15) is 78.0 Å². The van der Waals surface area contributed by atoms with E-state index in [1.54, 1.807) is 0 Å². The lowest BCUT2D eigenvalue weighted by molar-refractivity contribution is 0.0673. The van der Waals surface area contributed by atoms with Crippen LogP contribution >= 0.6 is 0 Å². The first-order valence-electron chi connectivity index (χ1n) is 16.8. The van der Waals surface area contributed by atoms with E-state index in [0.29, 0.717) is 32.7 Å². The zero-order valence-corrected chi connectivity index (χ0v) is 31.6. The van der Waals surface area contributed by atoms with Gasteiger partial charge in [-0.05, 0) is 83.3 Å². The molecule has 1 atom stereocenters. The summed E-state index contributed by atoms with van der Waals surface area (Å²) < 4.78 is 33.1. The maximum atomic E-state index is 9.09. The topological polar surface area (TPSA) is 66.4 Å². The first kappa shape index (κ1) is 34.5. The minimum Gasteiger partial charge on any atom is -0.543 e. The average molecular weight is 663 g/mol. The SMILES string of the molecule is CC(C)(C)[Si](C)(C)OC1=Cc2c3c(cc(O[Si](C)(C)C(C)(C)C)c2=C2CO[C@@H](c4ccc(OCCCO)cc4)CC2=C1)=CCCO3. The molecule has 0 aromatic heterocycles. The Morgan fingerprint density at radius 1 is 0.913 bits per heavy atom. The Morgan fingerprint density at radius 2 is 1.59 bits per heavy atom. The predicted molar refractivity (Wildman–Crippen MR) is 193 cm³/mol. The molecule has 2 aromatic rings. The van der Waals surface area contributed by atoms with Gasteiger partial charge in [0.1, 0.15) is 23.0 Å². The van der Waals surface area contributed by atoms with Gasteiger partial charge in [-0.2, -0.15) is 0 Å². The summed E-state index contributed by atoms with van der Waals surface area (Å²) in [6.45, 7) is 24.6. The van der Waals surface area contributed by atoms with E-state index < -0.39 is 16.6 Å². The van der Waals surface area contributed by atoms with Crippen molar-refractivity contribution in [2.75, 3.05) is 26.4 Å². The molecular formula is C38H54O6Si2. The standard InChI is InChI=1S/C38H54O6Si2/c1-37(2,3)45(7,8)43-30-21-28-23-33(26-14-16-29(17-15-26)40-20-12-18-39)42-25-32(28)35-31(24-30)36-27(13-11-19-41-36)22-34(35)44-46(9,10)38(4,5)6/h13-17,21-22,24,33,39H,11-12,18-20,23,25H2,1-10H3/t33-/m1/s1. The fourth-order valence-corrected chi connectivity index (χ4v) is 7.50. The molecule has 46 heavy (non-hydrogen) atoms. The monoisotopic (exact) mass is 662 g/mol. The van der Waals surface area contributed by atoms with Crippen molar-refractivity contribution in [2.24, 2.45) is 0 Å². The van der Waals surface area contributed by atoms with Crippen molar-refractivity contribution < 1.29 is 28.2 Å². The van der Waals surface area contributed by atoms with Crippen molar-refractivity contribution in [1.82, 2.24) is 0 Å². The lowest BCUT2D eigenvalue weighted by Crippen LogP contribution is -2.45. The second-order valence-corrected chi connectivity index (χ2v) is 25.3. The highest BCUT2D eigenvalue weighted by molar-refractivity contribution is 6.75. The van der Waals surface area contributed by atoms with Crippen LogP contribution in [0.15, 0.2) is 47.7 Å². The van der Waals surface area contributed by atoms with Gasteiger partial charge in [-0.1, -0.05) is 59.8 Å². The number of benzene rings is 2. The van der Waals surface area contributed by atoms with Gasteiger partial charge in [0.2, 0.25) is 8.32 Å². The number of rotatable bonds is 9. The summed E-state index contributed by atoms with van der Waals surface area (Å²) in [5, 5.41) is 11.3. The number of hydrogen-bond acceptors (Lipinski definition) is 6. The zero-order chi connectivity index (χ0) is 33.5. The Hall–Kier alpha value is -2.79. The molecule has 1 saturated heterocycles. The Bertz CT molecular complexity index is 1620. The molecule has 0 spiro atoms. The van der Waals surface area contributed by atoms with E-state index in [0.717, 1.165) is 56.6 Å². The van der Waals surface area contributed by atoms with E-state index in [-0.39, 0.29) is 22.8 Å². The molecule has 1 aliphatic carbocycles. The van der Waals surface area contributed by atoms with Crippen LogP contribution < -0.4 is 24.3 Å². The van der Waals surface area contributed by atoms with Crippen LogP contribution in [0.25, 0.3) is 17.7 Å². The lowest BCUT2D eigenvalue weighted by Gasteiger charge is -2.37. The molecule has 6 nitrogen and oxygen atoms in total. The normalized spacial score (nSPS) is 18.5. The quantitative estimate of drug-likeness (QED) is 0.217. The van der Waals surface area contributed by atoms with Gasteiger partial charge in [0.25, 0.3) is 8.32 Å². The molecule has 3 aliphatic rings. The second-order valence-electron chi connectivity index (χ2n) is 15.8. The van der Waals surface area contributed by atoms with Crippen molar-refractivity contribution in [2.45, 2.75) is 103 Å². The number of allylic oxidation sites excluding steroid dienone is 1. The molecule has 0 bridgehead atoms. The number of aliphatic hydroxyl groups is 1. The molecule has 0 amide bonds. The van der Waals surface area contributed by atoms with Crippen molar-refractivity contribution in [3.63, 3.8) is 0 Å². The van der Waals surface area contributed by atoms with Gasteiger partial charge in [0, 0.05) is 41.9 Å². The van der Waals surface area contributed by atoms with Gasteiger partial charge in [0.05, 0.1) is 25.9 Å². The van der Waals surface area contributed by atoms with Crippen molar-refractivity contribution in [3.05, 3.63) is 69.3 Å². The van der Waals surface area contributed by atoms with Crippen molar-refractivity contribution >= 4 is 34.4 Å². The molecule has 5 rings (SSSR count). The summed E-state index contributed by atoms with van der Waals surface area (Å²) in [7, 11) is -4.35. The third-order valence-electron chi connectivity index (χ3n) is 10.3. The molecule has 1 N–H and O–H groups in total. The summed E-state index contributed by atoms with van der Waals surface area (Å²) >= 11 is 0. The van der Waals surface area contributed by atoms with Crippen LogP contribution in [-0.4, -0.2) is 48.2 Å². The van der Waals surface area contributed by atoms with Gasteiger partial charge < -0.3 is 28.2 Å². The van der Waals surface area contributed by atoms with Crippen LogP contribution in [0.3, 0.4) is 0 Å². The fourth-order valence-electron chi connectivity index (χ4n) is 5.47. The molecule has 0 radical (unpaired) electrons. The fraction of sp³-hybridized carbons (Fsp3) is 0.526. The molecule has 1 fully saturated rings.